The summed E-state index contributed by atoms with van der Waals surface area (Å²) in [6.45, 7) is 7.32. The maximum Gasteiger partial charge on any atom is 0.472 e. The van der Waals surface area contributed by atoms with Crippen molar-refractivity contribution in [3.8, 4) is 0 Å². The van der Waals surface area contributed by atoms with Crippen molar-refractivity contribution in [3.63, 3.8) is 0 Å². The van der Waals surface area contributed by atoms with Gasteiger partial charge >= 0.3 is 39.5 Å². The number of phosphoric acid groups is 2. The second-order valence-electron chi connectivity index (χ2n) is 29.8. The van der Waals surface area contributed by atoms with Crippen LogP contribution in [0.3, 0.4) is 0 Å². The Labute approximate surface area is 619 Å². The first-order valence-corrected chi connectivity index (χ1v) is 45.7. The molecule has 0 aliphatic rings. The summed E-state index contributed by atoms with van der Waals surface area (Å²) in [6.07, 6.45) is 66.7. The molecule has 0 aromatic rings. The van der Waals surface area contributed by atoms with Crippen LogP contribution >= 0.6 is 15.6 Å². The van der Waals surface area contributed by atoms with Gasteiger partial charge in [0.25, 0.3) is 0 Å². The molecule has 0 fully saturated rings. The van der Waals surface area contributed by atoms with Crippen LogP contribution in [0.25, 0.3) is 0 Å². The molecule has 17 nitrogen and oxygen atoms in total. The first-order valence-electron chi connectivity index (χ1n) is 42.7. The van der Waals surface area contributed by atoms with Crippen molar-refractivity contribution >= 4 is 39.5 Å². The maximum absolute atomic E-state index is 13.1. The summed E-state index contributed by atoms with van der Waals surface area (Å²) < 4.78 is 68.7. The van der Waals surface area contributed by atoms with Crippen LogP contribution in [0.2, 0.25) is 0 Å². The Bertz CT molecular complexity index is 1930. The van der Waals surface area contributed by atoms with Crippen molar-refractivity contribution < 1.29 is 80.2 Å². The molecule has 3 unspecified atom stereocenters. The zero-order valence-corrected chi connectivity index (χ0v) is 67.8. The summed E-state index contributed by atoms with van der Waals surface area (Å²) in [6, 6.07) is 0. The van der Waals surface area contributed by atoms with Gasteiger partial charge in [0.1, 0.15) is 19.3 Å². The monoisotopic (exact) mass is 1480 g/mol. The zero-order valence-electron chi connectivity index (χ0n) is 66.1. The number of hydrogen-bond donors (Lipinski definition) is 3. The SMILES string of the molecule is CCCCCCCCCCCCCCCCCCCCCCCCC(=O)O[C@H](COC(=O)CCCCCCCCCCCCCCCCCCC)COP(=O)(O)OC[C@@H](O)COP(=O)(O)OC[C@@H](COC(=O)CCCCCCCCCCCC)OC(=O)CCCCCCCCCCC(C)CC. The number of carbonyl (C=O) groups is 4. The van der Waals surface area contributed by atoms with Gasteiger partial charge in [-0.1, -0.05) is 388 Å². The van der Waals surface area contributed by atoms with Crippen LogP contribution in [0.5, 0.6) is 0 Å². The minimum atomic E-state index is -4.96. The Kier molecular flexibility index (Phi) is 73.5. The number of phosphoric ester groups is 2. The summed E-state index contributed by atoms with van der Waals surface area (Å²) in [5.74, 6) is -1.34. The summed E-state index contributed by atoms with van der Waals surface area (Å²) >= 11 is 0. The molecule has 0 heterocycles. The highest BCUT2D eigenvalue weighted by Gasteiger charge is 2.30. The number of rotatable bonds is 82. The third kappa shape index (κ3) is 74.7. The van der Waals surface area contributed by atoms with Crippen molar-refractivity contribution in [2.45, 2.75) is 457 Å². The fraction of sp³-hybridized carbons (Fsp3) is 0.951. The fourth-order valence-electron chi connectivity index (χ4n) is 12.7. The van der Waals surface area contributed by atoms with Crippen molar-refractivity contribution in [3.05, 3.63) is 0 Å². The molecule has 0 bridgehead atoms. The summed E-state index contributed by atoms with van der Waals surface area (Å²) in [5, 5.41) is 10.6. The number of aliphatic hydroxyl groups excluding tert-OH is 1. The third-order valence-corrected chi connectivity index (χ3v) is 21.5. The molecule has 0 spiro atoms. The van der Waals surface area contributed by atoms with Gasteiger partial charge in [-0.05, 0) is 31.6 Å². The molecule has 19 heteroatoms. The van der Waals surface area contributed by atoms with Gasteiger partial charge in [0, 0.05) is 25.7 Å². The van der Waals surface area contributed by atoms with E-state index in [4.69, 9.17) is 37.0 Å². The van der Waals surface area contributed by atoms with Crippen LogP contribution < -0.4 is 0 Å². The lowest BCUT2D eigenvalue weighted by molar-refractivity contribution is -0.161. The highest BCUT2D eigenvalue weighted by atomic mass is 31.2. The number of esters is 4. The Morgan fingerprint density at radius 2 is 0.475 bits per heavy atom. The lowest BCUT2D eigenvalue weighted by Crippen LogP contribution is -2.30. The number of hydrogen-bond acceptors (Lipinski definition) is 15. The number of ether oxygens (including phenoxy) is 4. The molecule has 0 aliphatic carbocycles. The summed E-state index contributed by atoms with van der Waals surface area (Å²) in [7, 11) is -9.92. The predicted molar refractivity (Wildman–Crippen MR) is 414 cm³/mol. The zero-order chi connectivity index (χ0) is 74.1. The van der Waals surface area contributed by atoms with Crippen molar-refractivity contribution in [1.82, 2.24) is 0 Å². The van der Waals surface area contributed by atoms with Gasteiger partial charge in [0.05, 0.1) is 26.4 Å². The second-order valence-corrected chi connectivity index (χ2v) is 32.7. The molecule has 6 atom stereocenters. The summed E-state index contributed by atoms with van der Waals surface area (Å²) in [4.78, 5) is 73.0. The molecule has 0 saturated heterocycles. The molecule has 0 saturated carbocycles. The van der Waals surface area contributed by atoms with E-state index in [9.17, 15) is 43.2 Å². The van der Waals surface area contributed by atoms with Gasteiger partial charge in [0.2, 0.25) is 0 Å². The standard InChI is InChI=1S/C82H160O17P2/c1-6-10-13-16-19-22-25-27-29-31-32-33-34-35-37-39-41-43-46-52-57-62-67-81(86)98-77(71-93-80(85)66-61-56-51-45-42-40-38-36-30-28-26-23-20-17-14-11-7-2)73-96-100(88,89)94-69-76(83)70-95-101(90,91)97-74-78(72-92-79(84)65-60-55-50-44-24-21-18-15-12-8-3)99-82(87)68-63-58-53-48-47-49-54-59-64-75(5)9-4/h75-78,83H,6-74H2,1-5H3,(H,88,89)(H,90,91)/t75?,76-,77-,78-/m1/s1. The van der Waals surface area contributed by atoms with E-state index in [-0.39, 0.29) is 25.7 Å². The number of carbonyl (C=O) groups excluding carboxylic acids is 4. The topological polar surface area (TPSA) is 237 Å². The van der Waals surface area contributed by atoms with Crippen molar-refractivity contribution in [2.24, 2.45) is 5.92 Å². The van der Waals surface area contributed by atoms with E-state index < -0.39 is 97.5 Å². The van der Waals surface area contributed by atoms with Crippen molar-refractivity contribution in [2.75, 3.05) is 39.6 Å². The van der Waals surface area contributed by atoms with Gasteiger partial charge in [-0.15, -0.1) is 0 Å². The van der Waals surface area contributed by atoms with Gasteiger partial charge < -0.3 is 33.8 Å². The Morgan fingerprint density at radius 1 is 0.277 bits per heavy atom. The fourth-order valence-corrected chi connectivity index (χ4v) is 14.3. The quantitative estimate of drug-likeness (QED) is 0.0222. The van der Waals surface area contributed by atoms with Crippen LogP contribution in [0.15, 0.2) is 0 Å². The van der Waals surface area contributed by atoms with Crippen LogP contribution in [0, 0.1) is 5.92 Å². The maximum atomic E-state index is 13.1. The first-order chi connectivity index (χ1) is 49.1. The van der Waals surface area contributed by atoms with E-state index in [1.165, 1.54) is 263 Å². The van der Waals surface area contributed by atoms with E-state index in [1.807, 2.05) is 0 Å². The highest BCUT2D eigenvalue weighted by molar-refractivity contribution is 7.47. The molecular formula is C82H160O17P2. The Hall–Kier alpha value is -1.94. The average Bonchev–Trinajstić information content (AvgIpc) is 1.10. The normalized spacial score (nSPS) is 14.1. The van der Waals surface area contributed by atoms with Crippen LogP contribution in [0.1, 0.15) is 439 Å². The summed E-state index contributed by atoms with van der Waals surface area (Å²) in [5.41, 5.74) is 0. The minimum absolute atomic E-state index is 0.106. The first kappa shape index (κ1) is 99.1. The largest absolute Gasteiger partial charge is 0.472 e. The Balaban J connectivity index is 5.20. The molecule has 0 aromatic heterocycles. The molecule has 0 rings (SSSR count). The lowest BCUT2D eigenvalue weighted by atomic mass is 9.99. The third-order valence-electron chi connectivity index (χ3n) is 19.6. The molecule has 101 heavy (non-hydrogen) atoms. The van der Waals surface area contributed by atoms with Gasteiger partial charge in [-0.25, -0.2) is 9.13 Å². The van der Waals surface area contributed by atoms with Gasteiger partial charge in [-0.3, -0.25) is 37.3 Å². The smallest absolute Gasteiger partial charge is 0.462 e. The highest BCUT2D eigenvalue weighted by Crippen LogP contribution is 2.45. The van der Waals surface area contributed by atoms with Crippen molar-refractivity contribution in [1.29, 1.82) is 0 Å². The molecule has 600 valence electrons. The molecule has 0 aromatic carbocycles. The van der Waals surface area contributed by atoms with Gasteiger partial charge in [-0.2, -0.15) is 0 Å². The van der Waals surface area contributed by atoms with Crippen LogP contribution in [-0.4, -0.2) is 96.7 Å². The Morgan fingerprint density at radius 3 is 0.703 bits per heavy atom. The van der Waals surface area contributed by atoms with E-state index in [1.54, 1.807) is 0 Å². The second kappa shape index (κ2) is 74.9. The molecule has 3 N–H and O–H groups in total. The van der Waals surface area contributed by atoms with E-state index in [2.05, 4.69) is 34.6 Å². The van der Waals surface area contributed by atoms with Crippen LogP contribution in [-0.2, 0) is 65.4 Å². The van der Waals surface area contributed by atoms with E-state index in [0.29, 0.717) is 25.7 Å². The lowest BCUT2D eigenvalue weighted by Gasteiger charge is -2.21. The molecule has 0 radical (unpaired) electrons. The molecule has 0 aliphatic heterocycles. The minimum Gasteiger partial charge on any atom is -0.462 e. The number of aliphatic hydroxyl groups is 1. The molecule has 0 amide bonds. The van der Waals surface area contributed by atoms with E-state index in [0.717, 1.165) is 95.8 Å². The van der Waals surface area contributed by atoms with E-state index >= 15 is 0 Å². The van der Waals surface area contributed by atoms with Crippen LogP contribution in [0.4, 0.5) is 0 Å². The molecular weight excluding hydrogens is 1320 g/mol. The number of unbranched alkanes of at least 4 members (excludes halogenated alkanes) is 53. The van der Waals surface area contributed by atoms with Gasteiger partial charge in [0.15, 0.2) is 12.2 Å². The average molecular weight is 1480 g/mol. The predicted octanol–water partition coefficient (Wildman–Crippen LogP) is 24.8.